The van der Waals surface area contributed by atoms with Gasteiger partial charge in [-0.3, -0.25) is 15.0 Å². The lowest BCUT2D eigenvalue weighted by molar-refractivity contribution is -0.112. The van der Waals surface area contributed by atoms with Crippen molar-refractivity contribution in [3.05, 3.63) is 82.7 Å². The summed E-state index contributed by atoms with van der Waals surface area (Å²) in [6.45, 7) is 1.28. The maximum absolute atomic E-state index is 13.4. The summed E-state index contributed by atoms with van der Waals surface area (Å²) in [5.74, 6) is -0.516. The Balaban J connectivity index is 1.32. The van der Waals surface area contributed by atoms with Crippen molar-refractivity contribution in [1.29, 1.82) is 0 Å². The van der Waals surface area contributed by atoms with Crippen LogP contribution in [-0.4, -0.2) is 53.5 Å². The second kappa shape index (κ2) is 12.5. The van der Waals surface area contributed by atoms with Gasteiger partial charge in [0.2, 0.25) is 10.3 Å². The van der Waals surface area contributed by atoms with Crippen LogP contribution >= 0.6 is 22.7 Å². The van der Waals surface area contributed by atoms with Gasteiger partial charge >= 0.3 is 5.91 Å². The van der Waals surface area contributed by atoms with E-state index in [0.717, 1.165) is 24.0 Å². The van der Waals surface area contributed by atoms with Crippen LogP contribution in [0.1, 0.15) is 28.8 Å². The molecule has 0 bridgehead atoms. The molecule has 0 saturated heterocycles. The number of carbonyl (C=O) groups excluding carboxylic acids is 2. The molecule has 198 valence electrons. The maximum Gasteiger partial charge on any atom is 0.303 e. The third kappa shape index (κ3) is 6.25. The Morgan fingerprint density at radius 2 is 1.87 bits per heavy atom. The molecule has 5 rings (SSSR count). The van der Waals surface area contributed by atoms with Gasteiger partial charge in [0.15, 0.2) is 5.71 Å². The number of aromatic nitrogens is 2. The Labute approximate surface area is 233 Å². The maximum atomic E-state index is 13.4. The Hall–Kier alpha value is -4.26. The molecule has 12 heteroatoms. The van der Waals surface area contributed by atoms with E-state index >= 15 is 0 Å². The van der Waals surface area contributed by atoms with E-state index in [1.54, 1.807) is 25.4 Å². The summed E-state index contributed by atoms with van der Waals surface area (Å²) in [6, 6.07) is 16.6. The van der Waals surface area contributed by atoms with Gasteiger partial charge in [-0.25, -0.2) is 9.97 Å². The van der Waals surface area contributed by atoms with Crippen LogP contribution in [0.25, 0.3) is 11.3 Å². The topological polar surface area (TPSA) is 121 Å². The molecule has 39 heavy (non-hydrogen) atoms. The van der Waals surface area contributed by atoms with Gasteiger partial charge in [0, 0.05) is 53.9 Å². The van der Waals surface area contributed by atoms with Crippen molar-refractivity contribution in [3.63, 3.8) is 0 Å². The minimum Gasteiger partial charge on any atom is -0.385 e. The summed E-state index contributed by atoms with van der Waals surface area (Å²) < 4.78 is 5.03. The molecule has 0 radical (unpaired) electrons. The van der Waals surface area contributed by atoms with E-state index in [-0.39, 0.29) is 11.6 Å². The molecule has 0 atom stereocenters. The highest BCUT2D eigenvalue weighted by atomic mass is 32.1. The largest absolute Gasteiger partial charge is 0.385 e. The molecule has 0 unspecified atom stereocenters. The first kappa shape index (κ1) is 26.4. The van der Waals surface area contributed by atoms with Crippen molar-refractivity contribution >= 4 is 56.2 Å². The molecule has 0 fully saturated rings. The highest BCUT2D eigenvalue weighted by Gasteiger charge is 2.35. The normalized spacial score (nSPS) is 14.1. The van der Waals surface area contributed by atoms with Crippen molar-refractivity contribution in [2.45, 2.75) is 12.8 Å². The Kier molecular flexibility index (Phi) is 8.46. The molecule has 0 spiro atoms. The molecule has 2 amide bonds. The number of hydrogen-bond donors (Lipinski definition) is 2. The second-order valence-electron chi connectivity index (χ2n) is 8.39. The number of benzene rings is 2. The van der Waals surface area contributed by atoms with E-state index in [9.17, 15) is 9.59 Å². The summed E-state index contributed by atoms with van der Waals surface area (Å²) in [6.07, 6.45) is 3.41. The second-order valence-corrected chi connectivity index (χ2v) is 10.1. The molecule has 2 aromatic heterocycles. The van der Waals surface area contributed by atoms with Crippen molar-refractivity contribution < 1.29 is 14.3 Å². The SMILES string of the molecule is COCCCCNC(=O)c1ccc(-c2csc(N3N=C(c4ccccc4)/C(=N\Nc4nccs4)C3=O)n2)cc1. The number of nitrogens with one attached hydrogen (secondary N) is 2. The molecule has 4 aromatic rings. The Bertz CT molecular complexity index is 1480. The molecule has 3 heterocycles. The number of hydrogen-bond acceptors (Lipinski definition) is 10. The Morgan fingerprint density at radius 1 is 1.05 bits per heavy atom. The van der Waals surface area contributed by atoms with Gasteiger partial charge in [0.05, 0.1) is 5.69 Å². The summed E-state index contributed by atoms with van der Waals surface area (Å²) in [5.41, 5.74) is 6.30. The molecule has 1 aliphatic rings. The third-order valence-electron chi connectivity index (χ3n) is 5.74. The molecule has 0 saturated carbocycles. The number of hydrazone groups is 2. The average Bonchev–Trinajstić information content (AvgIpc) is 3.73. The van der Waals surface area contributed by atoms with Crippen molar-refractivity contribution in [2.75, 3.05) is 30.7 Å². The van der Waals surface area contributed by atoms with E-state index in [0.29, 0.717) is 40.4 Å². The average molecular weight is 560 g/mol. The summed E-state index contributed by atoms with van der Waals surface area (Å²) in [7, 11) is 1.66. The van der Waals surface area contributed by atoms with Crippen molar-refractivity contribution in [3.8, 4) is 11.3 Å². The highest BCUT2D eigenvalue weighted by Crippen LogP contribution is 2.30. The molecule has 1 aliphatic heterocycles. The zero-order valence-electron chi connectivity index (χ0n) is 21.0. The van der Waals surface area contributed by atoms with Crippen LogP contribution in [0.15, 0.2) is 81.8 Å². The predicted molar refractivity (Wildman–Crippen MR) is 155 cm³/mol. The van der Waals surface area contributed by atoms with E-state index in [4.69, 9.17) is 4.74 Å². The highest BCUT2D eigenvalue weighted by molar-refractivity contribution is 7.14. The first-order valence-electron chi connectivity index (χ1n) is 12.2. The predicted octanol–water partition coefficient (Wildman–Crippen LogP) is 4.64. The summed E-state index contributed by atoms with van der Waals surface area (Å²) in [5, 5.41) is 17.8. The van der Waals surface area contributed by atoms with E-state index in [1.165, 1.54) is 27.7 Å². The van der Waals surface area contributed by atoms with Crippen molar-refractivity contribution in [2.24, 2.45) is 10.2 Å². The van der Waals surface area contributed by atoms with Gasteiger partial charge in [-0.2, -0.15) is 15.2 Å². The zero-order valence-corrected chi connectivity index (χ0v) is 22.7. The zero-order chi connectivity index (χ0) is 27.0. The number of unbranched alkanes of at least 4 members (excludes halogenated alkanes) is 1. The quantitative estimate of drug-likeness (QED) is 0.204. The Morgan fingerprint density at radius 3 is 2.62 bits per heavy atom. The first-order chi connectivity index (χ1) is 19.1. The third-order valence-corrected chi connectivity index (χ3v) is 7.23. The van der Waals surface area contributed by atoms with Crippen LogP contribution in [0.3, 0.4) is 0 Å². The number of ether oxygens (including phenoxy) is 1. The van der Waals surface area contributed by atoms with Gasteiger partial charge in [-0.1, -0.05) is 42.5 Å². The minimum atomic E-state index is -0.392. The van der Waals surface area contributed by atoms with Crippen LogP contribution < -0.4 is 15.8 Å². The van der Waals surface area contributed by atoms with Gasteiger partial charge in [-0.15, -0.1) is 22.7 Å². The summed E-state index contributed by atoms with van der Waals surface area (Å²) in [4.78, 5) is 34.6. The molecule has 0 aliphatic carbocycles. The number of methoxy groups -OCH3 is 1. The standard InChI is InChI=1S/C27H25N7O3S2/c1-37-15-6-5-13-28-24(35)20-11-9-18(10-12-20)21-17-39-27(30-21)34-25(36)23(31-32-26-29-14-16-38-26)22(33-34)19-7-3-2-4-8-19/h2-4,7-12,14,16-17H,5-6,13,15H2,1H3,(H,28,35)(H,29,32)/b31-23+. The number of anilines is 2. The van der Waals surface area contributed by atoms with Gasteiger partial charge in [0.25, 0.3) is 5.91 Å². The van der Waals surface area contributed by atoms with Crippen LogP contribution in [0.5, 0.6) is 0 Å². The summed E-state index contributed by atoms with van der Waals surface area (Å²) >= 11 is 2.68. The van der Waals surface area contributed by atoms with Gasteiger partial charge in [0.1, 0.15) is 5.71 Å². The van der Waals surface area contributed by atoms with Gasteiger partial charge < -0.3 is 10.1 Å². The fourth-order valence-corrected chi connectivity index (χ4v) is 5.01. The van der Waals surface area contributed by atoms with E-state index in [1.807, 2.05) is 53.2 Å². The number of thiazole rings is 2. The fourth-order valence-electron chi connectivity index (χ4n) is 3.76. The molecule has 2 N–H and O–H groups in total. The number of nitrogens with zero attached hydrogens (tertiary/aromatic N) is 5. The number of amides is 2. The number of carbonyl (C=O) groups is 2. The van der Waals surface area contributed by atoms with E-state index in [2.05, 4.69) is 30.9 Å². The first-order valence-corrected chi connectivity index (χ1v) is 13.9. The molecular weight excluding hydrogens is 534 g/mol. The number of rotatable bonds is 11. The fraction of sp³-hybridized carbons (Fsp3) is 0.185. The lowest BCUT2D eigenvalue weighted by Gasteiger charge is -2.07. The minimum absolute atomic E-state index is 0.124. The van der Waals surface area contributed by atoms with Crippen LogP contribution in [0.2, 0.25) is 0 Å². The van der Waals surface area contributed by atoms with Crippen molar-refractivity contribution in [1.82, 2.24) is 15.3 Å². The van der Waals surface area contributed by atoms with Crippen LogP contribution in [0.4, 0.5) is 10.3 Å². The molecular formula is C27H25N7O3S2. The van der Waals surface area contributed by atoms with Crippen LogP contribution in [-0.2, 0) is 9.53 Å². The lowest BCUT2D eigenvalue weighted by Crippen LogP contribution is -2.28. The monoisotopic (exact) mass is 559 g/mol. The van der Waals surface area contributed by atoms with Gasteiger partial charge in [-0.05, 0) is 25.0 Å². The molecule has 10 nitrogen and oxygen atoms in total. The van der Waals surface area contributed by atoms with Crippen LogP contribution in [0, 0.1) is 0 Å². The molecule has 2 aromatic carbocycles. The van der Waals surface area contributed by atoms with E-state index < -0.39 is 5.91 Å². The smallest absolute Gasteiger partial charge is 0.303 e. The lowest BCUT2D eigenvalue weighted by atomic mass is 10.1.